The Kier molecular flexibility index (Phi) is 6.91. The Morgan fingerprint density at radius 1 is 1.21 bits per heavy atom. The summed E-state index contributed by atoms with van der Waals surface area (Å²) in [4.78, 5) is 0. The highest BCUT2D eigenvalue weighted by molar-refractivity contribution is 9.10. The van der Waals surface area contributed by atoms with Crippen LogP contribution in [-0.4, -0.2) is 9.30 Å². The fourth-order valence-electron chi connectivity index (χ4n) is 2.14. The van der Waals surface area contributed by atoms with E-state index in [1.807, 2.05) is 41.5 Å². The lowest BCUT2D eigenvalue weighted by Gasteiger charge is -2.36. The lowest BCUT2D eigenvalue weighted by atomic mass is 9.80. The van der Waals surface area contributed by atoms with Crippen LogP contribution in [0.4, 0.5) is 4.39 Å². The van der Waals surface area contributed by atoms with E-state index in [0.717, 1.165) is 4.47 Å². The van der Waals surface area contributed by atoms with Gasteiger partial charge in [-0.2, -0.15) is 5.26 Å². The molecule has 0 aliphatic heterocycles. The van der Waals surface area contributed by atoms with Crippen LogP contribution in [-0.2, 0) is 16.9 Å². The zero-order valence-corrected chi connectivity index (χ0v) is 17.6. The number of halogens is 2. The van der Waals surface area contributed by atoms with E-state index < -0.39 is 27.1 Å². The SMILES string of the molecule is CC(C)(C#N)CC[C@@](C)(N[S+]([O-])C(C)(C)C)c1cc(Br)ccc1F. The van der Waals surface area contributed by atoms with E-state index >= 15 is 0 Å². The molecule has 1 aromatic rings. The van der Waals surface area contributed by atoms with Gasteiger partial charge in [-0.05, 0) is 72.6 Å². The van der Waals surface area contributed by atoms with Gasteiger partial charge in [-0.1, -0.05) is 15.9 Å². The van der Waals surface area contributed by atoms with Gasteiger partial charge in [0.05, 0.1) is 17.0 Å². The van der Waals surface area contributed by atoms with Crippen LogP contribution in [0.5, 0.6) is 0 Å². The molecule has 0 aromatic heterocycles. The van der Waals surface area contributed by atoms with Gasteiger partial charge in [0.1, 0.15) is 10.6 Å². The summed E-state index contributed by atoms with van der Waals surface area (Å²) in [6.45, 7) is 11.2. The van der Waals surface area contributed by atoms with Crippen molar-refractivity contribution in [2.75, 3.05) is 0 Å². The summed E-state index contributed by atoms with van der Waals surface area (Å²) in [7, 11) is 0. The third-order valence-electron chi connectivity index (χ3n) is 3.95. The first-order valence-corrected chi connectivity index (χ1v) is 9.81. The normalized spacial score (nSPS) is 16.3. The number of hydrogen-bond acceptors (Lipinski definition) is 3. The Morgan fingerprint density at radius 2 is 1.79 bits per heavy atom. The van der Waals surface area contributed by atoms with E-state index in [0.29, 0.717) is 18.4 Å². The first kappa shape index (κ1) is 21.4. The molecule has 0 bridgehead atoms. The highest BCUT2D eigenvalue weighted by Crippen LogP contribution is 2.36. The second-order valence-electron chi connectivity index (χ2n) is 7.94. The minimum atomic E-state index is -1.37. The average molecular weight is 417 g/mol. The lowest BCUT2D eigenvalue weighted by molar-refractivity contribution is 0.313. The molecule has 1 aromatic carbocycles. The molecule has 24 heavy (non-hydrogen) atoms. The third-order valence-corrected chi connectivity index (χ3v) is 6.19. The standard InChI is InChI=1S/C18H26BrFN2OS/c1-16(2,3)24(23)22-18(6,10-9-17(4,5)12-21)14-11-13(19)7-8-15(14)20/h7-8,11,22H,9-10H2,1-6H3/t18-,24?/m1/s1. The predicted octanol–water partition coefficient (Wildman–Crippen LogP) is 5.19. The van der Waals surface area contributed by atoms with Gasteiger partial charge in [-0.15, -0.1) is 4.72 Å². The molecular weight excluding hydrogens is 391 g/mol. The smallest absolute Gasteiger partial charge is 0.136 e. The van der Waals surface area contributed by atoms with Crippen molar-refractivity contribution in [2.24, 2.45) is 5.41 Å². The molecule has 0 saturated carbocycles. The van der Waals surface area contributed by atoms with Crippen LogP contribution in [0.15, 0.2) is 22.7 Å². The highest BCUT2D eigenvalue weighted by atomic mass is 79.9. The molecule has 0 fully saturated rings. The lowest BCUT2D eigenvalue weighted by Crippen LogP contribution is -2.50. The second kappa shape index (κ2) is 7.74. The Bertz CT molecular complexity index is 624. The fourth-order valence-corrected chi connectivity index (χ4v) is 3.43. The summed E-state index contributed by atoms with van der Waals surface area (Å²) in [5.41, 5.74) is -0.933. The highest BCUT2D eigenvalue weighted by Gasteiger charge is 2.39. The Balaban J connectivity index is 3.25. The van der Waals surface area contributed by atoms with E-state index in [1.54, 1.807) is 12.1 Å². The van der Waals surface area contributed by atoms with Crippen LogP contribution in [0.2, 0.25) is 0 Å². The van der Waals surface area contributed by atoms with Crippen molar-refractivity contribution < 1.29 is 8.94 Å². The molecule has 0 spiro atoms. The van der Waals surface area contributed by atoms with Crippen LogP contribution < -0.4 is 4.72 Å². The largest absolute Gasteiger partial charge is 0.598 e. The zero-order valence-electron chi connectivity index (χ0n) is 15.2. The van der Waals surface area contributed by atoms with E-state index in [4.69, 9.17) is 0 Å². The van der Waals surface area contributed by atoms with Crippen molar-refractivity contribution in [3.63, 3.8) is 0 Å². The molecule has 0 radical (unpaired) electrons. The maximum absolute atomic E-state index is 14.5. The van der Waals surface area contributed by atoms with Crippen molar-refractivity contribution in [2.45, 2.75) is 64.7 Å². The van der Waals surface area contributed by atoms with Gasteiger partial charge in [0.25, 0.3) is 0 Å². The molecule has 6 heteroatoms. The average Bonchev–Trinajstić information content (AvgIpc) is 2.47. The molecule has 3 nitrogen and oxygen atoms in total. The van der Waals surface area contributed by atoms with Gasteiger partial charge in [-0.3, -0.25) is 0 Å². The van der Waals surface area contributed by atoms with Crippen molar-refractivity contribution in [1.82, 2.24) is 4.72 Å². The first-order chi connectivity index (χ1) is 10.8. The molecule has 1 unspecified atom stereocenters. The molecule has 0 amide bonds. The number of nitrogens with zero attached hydrogens (tertiary/aromatic N) is 1. The Morgan fingerprint density at radius 3 is 2.29 bits per heavy atom. The molecule has 2 atom stereocenters. The van der Waals surface area contributed by atoms with Crippen molar-refractivity contribution in [3.05, 3.63) is 34.1 Å². The van der Waals surface area contributed by atoms with Gasteiger partial charge >= 0.3 is 0 Å². The predicted molar refractivity (Wildman–Crippen MR) is 101 cm³/mol. The number of nitriles is 1. The number of hydrogen-bond donors (Lipinski definition) is 1. The first-order valence-electron chi connectivity index (χ1n) is 7.87. The molecule has 0 aliphatic rings. The number of benzene rings is 1. The van der Waals surface area contributed by atoms with Gasteiger partial charge in [0.15, 0.2) is 0 Å². The number of rotatable bonds is 6. The van der Waals surface area contributed by atoms with Gasteiger partial charge < -0.3 is 4.55 Å². The van der Waals surface area contributed by atoms with E-state index in [2.05, 4.69) is 26.7 Å². The molecule has 134 valence electrons. The molecule has 0 heterocycles. The topological polar surface area (TPSA) is 58.9 Å². The summed E-state index contributed by atoms with van der Waals surface area (Å²) in [5.74, 6) is -0.353. The van der Waals surface area contributed by atoms with Crippen molar-refractivity contribution >= 4 is 27.3 Å². The van der Waals surface area contributed by atoms with Crippen molar-refractivity contribution in [3.8, 4) is 6.07 Å². The summed E-state index contributed by atoms with van der Waals surface area (Å²) < 4.78 is 30.5. The molecule has 1 rings (SSSR count). The molecule has 1 N–H and O–H groups in total. The van der Waals surface area contributed by atoms with Gasteiger partial charge in [-0.25, -0.2) is 4.39 Å². The van der Waals surface area contributed by atoms with Gasteiger partial charge in [0.2, 0.25) is 0 Å². The Hall–Kier alpha value is -0.610. The zero-order chi connectivity index (χ0) is 18.8. The summed E-state index contributed by atoms with van der Waals surface area (Å²) in [6.07, 6.45) is 1.04. The fraction of sp³-hybridized carbons (Fsp3) is 0.611. The summed E-state index contributed by atoms with van der Waals surface area (Å²) in [5, 5.41) is 9.26. The maximum Gasteiger partial charge on any atom is 0.136 e. The van der Waals surface area contributed by atoms with Crippen LogP contribution >= 0.6 is 15.9 Å². The van der Waals surface area contributed by atoms with Crippen molar-refractivity contribution in [1.29, 1.82) is 5.26 Å². The molecular formula is C18H26BrFN2OS. The van der Waals surface area contributed by atoms with Crippen LogP contribution in [0.1, 0.15) is 59.9 Å². The third kappa shape index (κ3) is 5.73. The van der Waals surface area contributed by atoms with E-state index in [-0.39, 0.29) is 5.82 Å². The number of nitrogens with one attached hydrogen (secondary N) is 1. The second-order valence-corrected chi connectivity index (χ2v) is 10.8. The molecule has 0 saturated heterocycles. The summed E-state index contributed by atoms with van der Waals surface area (Å²) >= 11 is 2.01. The minimum Gasteiger partial charge on any atom is -0.598 e. The monoisotopic (exact) mass is 416 g/mol. The summed E-state index contributed by atoms with van der Waals surface area (Å²) in [6, 6.07) is 7.01. The minimum absolute atomic E-state index is 0.353. The van der Waals surface area contributed by atoms with Crippen LogP contribution in [0.3, 0.4) is 0 Å². The van der Waals surface area contributed by atoms with E-state index in [9.17, 15) is 14.2 Å². The maximum atomic E-state index is 14.5. The molecule has 0 aliphatic carbocycles. The van der Waals surface area contributed by atoms with E-state index in [1.165, 1.54) is 6.07 Å². The van der Waals surface area contributed by atoms with Crippen LogP contribution in [0, 0.1) is 22.6 Å². The van der Waals surface area contributed by atoms with Gasteiger partial charge in [0, 0.05) is 21.4 Å². The van der Waals surface area contributed by atoms with Crippen LogP contribution in [0.25, 0.3) is 0 Å². The Labute approximate surface area is 156 Å². The quantitative estimate of drug-likeness (QED) is 0.649.